The number of aryl methyl sites for hydroxylation is 1. The van der Waals surface area contributed by atoms with Crippen molar-refractivity contribution < 1.29 is 19.0 Å². The first kappa shape index (κ1) is 22.4. The zero-order valence-corrected chi connectivity index (χ0v) is 18.8. The predicted molar refractivity (Wildman–Crippen MR) is 126 cm³/mol. The minimum absolute atomic E-state index is 0.337. The number of halogens is 1. The lowest BCUT2D eigenvalue weighted by Crippen LogP contribution is -1.99. The lowest BCUT2D eigenvalue weighted by molar-refractivity contribution is -0.137. The fraction of sp³-hybridized carbons (Fsp3) is 0.192. The van der Waals surface area contributed by atoms with Crippen molar-refractivity contribution in [2.75, 3.05) is 20.8 Å². The molecule has 0 fully saturated rings. The fourth-order valence-corrected chi connectivity index (χ4v) is 3.66. The van der Waals surface area contributed by atoms with Crippen molar-refractivity contribution in [3.63, 3.8) is 0 Å². The predicted octanol–water partition coefficient (Wildman–Crippen LogP) is 6.58. The standard InChI is InChI=1S/C26H25ClO4/c1-5-31-26(28)13-8-19-15-21(29-3)9-11-23(19)18-6-10-22(17(2)14-18)20-7-12-25(30-4)24(27)16-20/h6-16H,5H2,1-4H3. The number of rotatable bonds is 7. The summed E-state index contributed by atoms with van der Waals surface area (Å²) in [5.41, 5.74) is 6.11. The molecule has 3 rings (SSSR count). The average molecular weight is 437 g/mol. The summed E-state index contributed by atoms with van der Waals surface area (Å²) >= 11 is 6.31. The van der Waals surface area contributed by atoms with Crippen LogP contribution in [0, 0.1) is 6.92 Å². The second kappa shape index (κ2) is 10.2. The van der Waals surface area contributed by atoms with Gasteiger partial charge in [-0.1, -0.05) is 41.9 Å². The second-order valence-electron chi connectivity index (χ2n) is 6.92. The Morgan fingerprint density at radius 1 is 0.935 bits per heavy atom. The second-order valence-corrected chi connectivity index (χ2v) is 7.32. The molecular formula is C26H25ClO4. The van der Waals surface area contributed by atoms with Crippen LogP contribution in [0.4, 0.5) is 0 Å². The zero-order valence-electron chi connectivity index (χ0n) is 18.1. The fourth-order valence-electron chi connectivity index (χ4n) is 3.41. The number of ether oxygens (including phenoxy) is 3. The lowest BCUT2D eigenvalue weighted by Gasteiger charge is -2.13. The van der Waals surface area contributed by atoms with E-state index in [4.69, 9.17) is 25.8 Å². The minimum Gasteiger partial charge on any atom is -0.497 e. The molecule has 4 nitrogen and oxygen atoms in total. The Hall–Kier alpha value is -3.24. The van der Waals surface area contributed by atoms with E-state index in [-0.39, 0.29) is 5.97 Å². The number of benzene rings is 3. The Bertz CT molecular complexity index is 1120. The molecule has 3 aromatic carbocycles. The summed E-state index contributed by atoms with van der Waals surface area (Å²) < 4.78 is 15.6. The Labute approximate surface area is 188 Å². The summed E-state index contributed by atoms with van der Waals surface area (Å²) in [5.74, 6) is 0.989. The molecule has 5 heteroatoms. The van der Waals surface area contributed by atoms with Crippen molar-refractivity contribution in [3.8, 4) is 33.8 Å². The van der Waals surface area contributed by atoms with E-state index in [0.717, 1.165) is 33.4 Å². The van der Waals surface area contributed by atoms with Crippen LogP contribution in [0.1, 0.15) is 18.1 Å². The van der Waals surface area contributed by atoms with Gasteiger partial charge in [0.15, 0.2) is 0 Å². The molecule has 0 aromatic heterocycles. The quantitative estimate of drug-likeness (QED) is 0.310. The van der Waals surface area contributed by atoms with E-state index in [1.807, 2.05) is 36.4 Å². The lowest BCUT2D eigenvalue weighted by atomic mass is 9.93. The van der Waals surface area contributed by atoms with E-state index in [9.17, 15) is 4.79 Å². The van der Waals surface area contributed by atoms with Gasteiger partial charge in [0.1, 0.15) is 11.5 Å². The molecule has 3 aromatic rings. The van der Waals surface area contributed by atoms with E-state index in [0.29, 0.717) is 23.1 Å². The topological polar surface area (TPSA) is 44.8 Å². The Morgan fingerprint density at radius 2 is 1.65 bits per heavy atom. The number of carbonyl (C=O) groups is 1. The van der Waals surface area contributed by atoms with Crippen LogP contribution in [0.5, 0.6) is 11.5 Å². The third-order valence-corrected chi connectivity index (χ3v) is 5.24. The first-order valence-corrected chi connectivity index (χ1v) is 10.3. The minimum atomic E-state index is -0.376. The molecule has 0 saturated carbocycles. The third kappa shape index (κ3) is 5.28. The van der Waals surface area contributed by atoms with E-state index in [1.54, 1.807) is 27.2 Å². The van der Waals surface area contributed by atoms with Gasteiger partial charge in [0.05, 0.1) is 25.8 Å². The van der Waals surface area contributed by atoms with Crippen LogP contribution in [0.15, 0.2) is 60.7 Å². The summed E-state index contributed by atoms with van der Waals surface area (Å²) in [6.45, 7) is 4.18. The van der Waals surface area contributed by atoms with Crippen molar-refractivity contribution in [3.05, 3.63) is 76.8 Å². The normalized spacial score (nSPS) is 10.9. The van der Waals surface area contributed by atoms with Crippen molar-refractivity contribution in [1.29, 1.82) is 0 Å². The molecular weight excluding hydrogens is 412 g/mol. The van der Waals surface area contributed by atoms with Crippen LogP contribution in [0.3, 0.4) is 0 Å². The molecule has 0 atom stereocenters. The molecule has 0 amide bonds. The largest absolute Gasteiger partial charge is 0.497 e. The SMILES string of the molecule is CCOC(=O)C=Cc1cc(OC)ccc1-c1ccc(-c2ccc(OC)c(Cl)c2)c(C)c1. The monoisotopic (exact) mass is 436 g/mol. The molecule has 0 aliphatic heterocycles. The van der Waals surface area contributed by atoms with Crippen molar-refractivity contribution >= 4 is 23.6 Å². The van der Waals surface area contributed by atoms with Crippen molar-refractivity contribution in [2.24, 2.45) is 0 Å². The van der Waals surface area contributed by atoms with Gasteiger partial charge < -0.3 is 14.2 Å². The van der Waals surface area contributed by atoms with Crippen LogP contribution in [-0.4, -0.2) is 26.8 Å². The van der Waals surface area contributed by atoms with Crippen LogP contribution in [0.25, 0.3) is 28.3 Å². The molecule has 0 bridgehead atoms. The van der Waals surface area contributed by atoms with Gasteiger partial charge in [-0.15, -0.1) is 0 Å². The Kier molecular flexibility index (Phi) is 7.37. The molecule has 0 N–H and O–H groups in total. The molecule has 0 unspecified atom stereocenters. The summed E-state index contributed by atoms with van der Waals surface area (Å²) in [5, 5.41) is 0.574. The molecule has 0 spiro atoms. The van der Waals surface area contributed by atoms with Crippen molar-refractivity contribution in [1.82, 2.24) is 0 Å². The average Bonchev–Trinajstić information content (AvgIpc) is 2.77. The van der Waals surface area contributed by atoms with E-state index >= 15 is 0 Å². The number of methoxy groups -OCH3 is 2. The highest BCUT2D eigenvalue weighted by Crippen LogP contribution is 2.35. The first-order valence-electron chi connectivity index (χ1n) is 9.94. The zero-order chi connectivity index (χ0) is 22.4. The summed E-state index contributed by atoms with van der Waals surface area (Å²) in [7, 11) is 3.22. The number of hydrogen-bond donors (Lipinski definition) is 0. The molecule has 0 saturated heterocycles. The van der Waals surface area contributed by atoms with Gasteiger partial charge in [-0.05, 0) is 77.6 Å². The van der Waals surface area contributed by atoms with Crippen LogP contribution >= 0.6 is 11.6 Å². The van der Waals surface area contributed by atoms with Crippen LogP contribution in [-0.2, 0) is 9.53 Å². The molecule has 31 heavy (non-hydrogen) atoms. The van der Waals surface area contributed by atoms with E-state index in [1.165, 1.54) is 6.08 Å². The van der Waals surface area contributed by atoms with Gasteiger partial charge in [-0.3, -0.25) is 0 Å². The maximum Gasteiger partial charge on any atom is 0.330 e. The molecule has 0 radical (unpaired) electrons. The highest BCUT2D eigenvalue weighted by molar-refractivity contribution is 6.32. The Morgan fingerprint density at radius 3 is 2.29 bits per heavy atom. The van der Waals surface area contributed by atoms with Gasteiger partial charge in [-0.25, -0.2) is 4.79 Å². The van der Waals surface area contributed by atoms with Gasteiger partial charge in [0.25, 0.3) is 0 Å². The van der Waals surface area contributed by atoms with E-state index < -0.39 is 0 Å². The molecule has 0 aliphatic rings. The van der Waals surface area contributed by atoms with E-state index in [2.05, 4.69) is 25.1 Å². The van der Waals surface area contributed by atoms with Gasteiger partial charge >= 0.3 is 5.97 Å². The smallest absolute Gasteiger partial charge is 0.330 e. The third-order valence-electron chi connectivity index (χ3n) is 4.94. The van der Waals surface area contributed by atoms with Gasteiger partial charge in [0, 0.05) is 6.08 Å². The molecule has 0 aliphatic carbocycles. The highest BCUT2D eigenvalue weighted by Gasteiger charge is 2.10. The first-order chi connectivity index (χ1) is 15.0. The van der Waals surface area contributed by atoms with Crippen LogP contribution < -0.4 is 9.47 Å². The Balaban J connectivity index is 2.00. The molecule has 0 heterocycles. The number of hydrogen-bond acceptors (Lipinski definition) is 4. The summed E-state index contributed by atoms with van der Waals surface area (Å²) in [4.78, 5) is 11.8. The number of carbonyl (C=O) groups excluding carboxylic acids is 1. The maximum absolute atomic E-state index is 11.8. The van der Waals surface area contributed by atoms with Gasteiger partial charge in [0.2, 0.25) is 0 Å². The van der Waals surface area contributed by atoms with Gasteiger partial charge in [-0.2, -0.15) is 0 Å². The molecule has 160 valence electrons. The summed E-state index contributed by atoms with van der Waals surface area (Å²) in [6.07, 6.45) is 3.19. The number of esters is 1. The van der Waals surface area contributed by atoms with Crippen LogP contribution in [0.2, 0.25) is 5.02 Å². The summed E-state index contributed by atoms with van der Waals surface area (Å²) in [6, 6.07) is 17.8. The highest BCUT2D eigenvalue weighted by atomic mass is 35.5. The van der Waals surface area contributed by atoms with Crippen molar-refractivity contribution in [2.45, 2.75) is 13.8 Å². The maximum atomic E-state index is 11.8.